The van der Waals surface area contributed by atoms with Gasteiger partial charge in [-0.25, -0.2) is 9.97 Å². The molecule has 0 amide bonds. The Morgan fingerprint density at radius 2 is 2.00 bits per heavy atom. The Hall–Kier alpha value is -1.15. The molecule has 1 N–H and O–H groups in total. The Labute approximate surface area is 128 Å². The molecule has 1 aliphatic carbocycles. The molecule has 0 saturated heterocycles. The van der Waals surface area contributed by atoms with Crippen LogP contribution in [0.4, 0.5) is 18.3 Å². The maximum absolute atomic E-state index is 12.4. The summed E-state index contributed by atoms with van der Waals surface area (Å²) in [6.07, 6.45) is 0.950. The molecule has 3 rings (SSSR count). The van der Waals surface area contributed by atoms with Gasteiger partial charge in [-0.15, -0.1) is 22.7 Å². The van der Waals surface area contributed by atoms with Crippen molar-refractivity contribution >= 4 is 27.8 Å². The third-order valence-corrected chi connectivity index (χ3v) is 5.32. The van der Waals surface area contributed by atoms with E-state index in [-0.39, 0.29) is 0 Å². The van der Waals surface area contributed by atoms with Gasteiger partial charge >= 0.3 is 6.18 Å². The molecule has 0 bridgehead atoms. The number of aryl methyl sites for hydroxylation is 2. The van der Waals surface area contributed by atoms with Crippen LogP contribution < -0.4 is 5.32 Å². The number of rotatable bonds is 4. The Morgan fingerprint density at radius 1 is 1.19 bits per heavy atom. The lowest BCUT2D eigenvalue weighted by molar-refractivity contribution is -0.140. The molecule has 8 heteroatoms. The molecular weight excluding hydrogens is 319 g/mol. The molecule has 0 atom stereocenters. The first-order chi connectivity index (χ1) is 10.0. The van der Waals surface area contributed by atoms with Crippen molar-refractivity contribution < 1.29 is 13.2 Å². The standard InChI is InChI=1S/C13H14F3N3S2/c14-13(15,16)10-7-20-12(19-10)17-6-5-11-18-8-3-1-2-4-9(8)21-11/h7H,1-6H2,(H,17,19). The number of anilines is 1. The molecule has 2 aromatic rings. The van der Waals surface area contributed by atoms with Gasteiger partial charge in [-0.3, -0.25) is 0 Å². The van der Waals surface area contributed by atoms with Crippen LogP contribution in [-0.4, -0.2) is 16.5 Å². The maximum atomic E-state index is 12.4. The highest BCUT2D eigenvalue weighted by Crippen LogP contribution is 2.31. The number of aromatic nitrogens is 2. The van der Waals surface area contributed by atoms with Crippen LogP contribution in [-0.2, 0) is 25.4 Å². The van der Waals surface area contributed by atoms with Gasteiger partial charge in [0.1, 0.15) is 0 Å². The zero-order valence-corrected chi connectivity index (χ0v) is 12.8. The van der Waals surface area contributed by atoms with E-state index in [9.17, 15) is 13.2 Å². The summed E-state index contributed by atoms with van der Waals surface area (Å²) in [5.74, 6) is 0. The Bertz CT molecular complexity index is 595. The summed E-state index contributed by atoms with van der Waals surface area (Å²) in [5.41, 5.74) is 0.384. The summed E-state index contributed by atoms with van der Waals surface area (Å²) in [6.45, 7) is 0.553. The zero-order chi connectivity index (χ0) is 14.9. The Morgan fingerprint density at radius 3 is 2.71 bits per heavy atom. The Kier molecular flexibility index (Phi) is 4.17. The zero-order valence-electron chi connectivity index (χ0n) is 11.2. The van der Waals surface area contributed by atoms with Crippen LogP contribution in [0.1, 0.15) is 34.1 Å². The molecule has 0 saturated carbocycles. The van der Waals surface area contributed by atoms with Crippen LogP contribution in [0.5, 0.6) is 0 Å². The highest BCUT2D eigenvalue weighted by Gasteiger charge is 2.33. The van der Waals surface area contributed by atoms with E-state index in [0.29, 0.717) is 11.7 Å². The van der Waals surface area contributed by atoms with Crippen molar-refractivity contribution in [2.24, 2.45) is 0 Å². The van der Waals surface area contributed by atoms with Crippen LogP contribution in [0, 0.1) is 0 Å². The first-order valence-electron chi connectivity index (χ1n) is 6.76. The first kappa shape index (κ1) is 14.8. The van der Waals surface area contributed by atoms with Gasteiger partial charge in [-0.05, 0) is 25.7 Å². The number of alkyl halides is 3. The highest BCUT2D eigenvalue weighted by molar-refractivity contribution is 7.13. The van der Waals surface area contributed by atoms with E-state index < -0.39 is 11.9 Å². The van der Waals surface area contributed by atoms with Gasteiger partial charge in [0.05, 0.1) is 10.7 Å². The minimum atomic E-state index is -4.37. The van der Waals surface area contributed by atoms with Crippen molar-refractivity contribution in [1.82, 2.24) is 9.97 Å². The predicted octanol–water partition coefficient (Wildman–Crippen LogP) is 4.15. The topological polar surface area (TPSA) is 37.8 Å². The minimum absolute atomic E-state index is 0.309. The molecule has 114 valence electrons. The number of nitrogens with zero attached hydrogens (tertiary/aromatic N) is 2. The van der Waals surface area contributed by atoms with Gasteiger partial charge in [-0.1, -0.05) is 0 Å². The molecule has 2 aromatic heterocycles. The summed E-state index contributed by atoms with van der Waals surface area (Å²) in [7, 11) is 0. The molecule has 0 fully saturated rings. The minimum Gasteiger partial charge on any atom is -0.361 e. The largest absolute Gasteiger partial charge is 0.434 e. The predicted molar refractivity (Wildman–Crippen MR) is 78.1 cm³/mol. The van der Waals surface area contributed by atoms with Gasteiger partial charge in [0.15, 0.2) is 10.8 Å². The number of thiazole rings is 2. The summed E-state index contributed by atoms with van der Waals surface area (Å²) < 4.78 is 37.3. The quantitative estimate of drug-likeness (QED) is 0.913. The van der Waals surface area contributed by atoms with Gasteiger partial charge in [0.2, 0.25) is 0 Å². The lowest BCUT2D eigenvalue weighted by Gasteiger charge is -2.06. The molecular formula is C13H14F3N3S2. The summed E-state index contributed by atoms with van der Waals surface area (Å²) >= 11 is 2.71. The van der Waals surface area contributed by atoms with Crippen molar-refractivity contribution in [3.05, 3.63) is 26.7 Å². The van der Waals surface area contributed by atoms with Crippen LogP contribution in [0.15, 0.2) is 5.38 Å². The van der Waals surface area contributed by atoms with Crippen LogP contribution in [0.2, 0.25) is 0 Å². The summed E-state index contributed by atoms with van der Waals surface area (Å²) in [6, 6.07) is 0. The van der Waals surface area contributed by atoms with Crippen molar-refractivity contribution in [3.63, 3.8) is 0 Å². The normalized spacial score (nSPS) is 15.0. The van der Waals surface area contributed by atoms with Crippen LogP contribution in [0.25, 0.3) is 0 Å². The van der Waals surface area contributed by atoms with E-state index in [1.54, 1.807) is 11.3 Å². The number of fused-ring (bicyclic) bond motifs is 1. The fraction of sp³-hybridized carbons (Fsp3) is 0.538. The average Bonchev–Trinajstić information content (AvgIpc) is 3.03. The van der Waals surface area contributed by atoms with E-state index in [0.717, 1.165) is 41.0 Å². The van der Waals surface area contributed by atoms with E-state index >= 15 is 0 Å². The van der Waals surface area contributed by atoms with E-state index in [4.69, 9.17) is 0 Å². The molecule has 0 spiro atoms. The fourth-order valence-electron chi connectivity index (χ4n) is 2.27. The smallest absolute Gasteiger partial charge is 0.361 e. The summed E-state index contributed by atoms with van der Waals surface area (Å²) in [5, 5.41) is 5.34. The maximum Gasteiger partial charge on any atom is 0.434 e. The van der Waals surface area contributed by atoms with Gasteiger partial charge in [0.25, 0.3) is 0 Å². The number of hydrogen-bond donors (Lipinski definition) is 1. The molecule has 0 unspecified atom stereocenters. The van der Waals surface area contributed by atoms with E-state index in [1.807, 2.05) is 0 Å². The fourth-order valence-corrected chi connectivity index (χ4v) is 4.18. The lowest BCUT2D eigenvalue weighted by atomic mass is 10.0. The van der Waals surface area contributed by atoms with E-state index in [2.05, 4.69) is 15.3 Å². The molecule has 0 radical (unpaired) electrons. The van der Waals surface area contributed by atoms with Crippen molar-refractivity contribution in [2.75, 3.05) is 11.9 Å². The number of hydrogen-bond acceptors (Lipinski definition) is 5. The van der Waals surface area contributed by atoms with Crippen molar-refractivity contribution in [1.29, 1.82) is 0 Å². The third-order valence-electron chi connectivity index (χ3n) is 3.30. The molecule has 2 heterocycles. The second kappa shape index (κ2) is 5.92. The SMILES string of the molecule is FC(F)(F)c1csc(NCCc2nc3c(s2)CCCC3)n1. The molecule has 3 nitrogen and oxygen atoms in total. The number of halogens is 3. The molecule has 0 aliphatic heterocycles. The first-order valence-corrected chi connectivity index (χ1v) is 8.46. The Balaban J connectivity index is 1.54. The second-order valence-electron chi connectivity index (χ2n) is 4.90. The van der Waals surface area contributed by atoms with Crippen molar-refractivity contribution in [3.8, 4) is 0 Å². The van der Waals surface area contributed by atoms with Crippen molar-refractivity contribution in [2.45, 2.75) is 38.3 Å². The highest BCUT2D eigenvalue weighted by atomic mass is 32.1. The van der Waals surface area contributed by atoms with Crippen LogP contribution in [0.3, 0.4) is 0 Å². The summed E-state index contributed by atoms with van der Waals surface area (Å²) in [4.78, 5) is 9.53. The van der Waals surface area contributed by atoms with E-state index in [1.165, 1.54) is 23.4 Å². The third kappa shape index (κ3) is 3.55. The van der Waals surface area contributed by atoms with Gasteiger partial charge in [-0.2, -0.15) is 13.2 Å². The lowest BCUT2D eigenvalue weighted by Crippen LogP contribution is -2.07. The van der Waals surface area contributed by atoms with Gasteiger partial charge < -0.3 is 5.32 Å². The second-order valence-corrected chi connectivity index (χ2v) is 6.92. The molecule has 1 aliphatic rings. The molecule has 21 heavy (non-hydrogen) atoms. The average molecular weight is 333 g/mol. The number of nitrogens with one attached hydrogen (secondary N) is 1. The monoisotopic (exact) mass is 333 g/mol. The van der Waals surface area contributed by atoms with Crippen LogP contribution >= 0.6 is 22.7 Å². The molecule has 0 aromatic carbocycles. The van der Waals surface area contributed by atoms with Gasteiger partial charge in [0, 0.05) is 23.2 Å².